The molecule has 0 aromatic heterocycles. The Labute approximate surface area is 152 Å². The molecule has 2 aromatic rings. The molecule has 0 unspecified atom stereocenters. The smallest absolute Gasteiger partial charge is 0.161 e. The Kier molecular flexibility index (Phi) is 5.59. The van der Waals surface area contributed by atoms with E-state index in [4.69, 9.17) is 9.47 Å². The lowest BCUT2D eigenvalue weighted by molar-refractivity contribution is 0.278. The fourth-order valence-electron chi connectivity index (χ4n) is 3.07. The van der Waals surface area contributed by atoms with Gasteiger partial charge >= 0.3 is 0 Å². The van der Waals surface area contributed by atoms with E-state index in [2.05, 4.69) is 63.3 Å². The highest BCUT2D eigenvalue weighted by Gasteiger charge is 2.19. The first-order valence-corrected chi connectivity index (χ1v) is 8.86. The number of fused-ring (bicyclic) bond motifs is 1. The van der Waals surface area contributed by atoms with E-state index in [0.29, 0.717) is 0 Å². The van der Waals surface area contributed by atoms with Crippen molar-refractivity contribution in [1.82, 2.24) is 4.90 Å². The zero-order chi connectivity index (χ0) is 16.9. The Bertz CT molecular complexity index is 728. The van der Waals surface area contributed by atoms with Gasteiger partial charge in [-0.1, -0.05) is 46.3 Å². The van der Waals surface area contributed by atoms with Crippen molar-refractivity contribution in [2.45, 2.75) is 13.0 Å². The lowest BCUT2D eigenvalue weighted by atomic mass is 9.99. The molecule has 24 heavy (non-hydrogen) atoms. The molecular weight excluding hydrogens is 366 g/mol. The molecule has 0 radical (unpaired) electrons. The van der Waals surface area contributed by atoms with E-state index in [9.17, 15) is 0 Å². The van der Waals surface area contributed by atoms with Crippen LogP contribution < -0.4 is 9.47 Å². The Morgan fingerprint density at radius 1 is 1.08 bits per heavy atom. The number of rotatable bonds is 5. The first kappa shape index (κ1) is 17.1. The molecule has 3 nitrogen and oxygen atoms in total. The predicted molar refractivity (Wildman–Crippen MR) is 102 cm³/mol. The van der Waals surface area contributed by atoms with Crippen molar-refractivity contribution in [3.63, 3.8) is 0 Å². The minimum atomic E-state index is 0.803. The molecule has 1 aliphatic rings. The third kappa shape index (κ3) is 4.00. The summed E-state index contributed by atoms with van der Waals surface area (Å²) < 4.78 is 12.0. The summed E-state index contributed by atoms with van der Waals surface area (Å²) in [6, 6.07) is 14.6. The van der Waals surface area contributed by atoms with Crippen LogP contribution in [0.5, 0.6) is 11.5 Å². The van der Waals surface area contributed by atoms with Crippen LogP contribution >= 0.6 is 15.9 Å². The monoisotopic (exact) mass is 387 g/mol. The Balaban J connectivity index is 1.72. The minimum absolute atomic E-state index is 0.803. The van der Waals surface area contributed by atoms with E-state index in [1.165, 1.54) is 21.2 Å². The first-order chi connectivity index (χ1) is 11.7. The molecule has 126 valence electrons. The summed E-state index contributed by atoms with van der Waals surface area (Å²) in [6.45, 7) is 2.87. The molecule has 3 rings (SSSR count). The molecule has 0 saturated carbocycles. The topological polar surface area (TPSA) is 21.7 Å². The second kappa shape index (κ2) is 7.86. The highest BCUT2D eigenvalue weighted by molar-refractivity contribution is 9.11. The lowest BCUT2D eigenvalue weighted by Gasteiger charge is -2.29. The summed E-state index contributed by atoms with van der Waals surface area (Å²) in [5.74, 6) is 1.62. The number of methoxy groups -OCH3 is 2. The van der Waals surface area contributed by atoms with E-state index < -0.39 is 0 Å². The minimum Gasteiger partial charge on any atom is -0.493 e. The summed E-state index contributed by atoms with van der Waals surface area (Å²) >= 11 is 3.72. The normalized spacial score (nSPS) is 15.0. The predicted octanol–water partition coefficient (Wildman–Crippen LogP) is 4.50. The van der Waals surface area contributed by atoms with E-state index in [1.54, 1.807) is 14.2 Å². The molecular formula is C20H22BrNO2. The summed E-state index contributed by atoms with van der Waals surface area (Å²) in [5, 5.41) is 0. The second-order valence-electron chi connectivity index (χ2n) is 5.94. The number of benzene rings is 2. The van der Waals surface area contributed by atoms with Crippen molar-refractivity contribution in [3.05, 3.63) is 63.6 Å². The Morgan fingerprint density at radius 2 is 1.75 bits per heavy atom. The Hall–Kier alpha value is -1.78. The highest BCUT2D eigenvalue weighted by atomic mass is 79.9. The van der Waals surface area contributed by atoms with E-state index in [1.807, 2.05) is 6.07 Å². The van der Waals surface area contributed by atoms with Crippen molar-refractivity contribution < 1.29 is 9.47 Å². The summed E-state index contributed by atoms with van der Waals surface area (Å²) in [5.41, 5.74) is 3.89. The van der Waals surface area contributed by atoms with Gasteiger partial charge in [-0.2, -0.15) is 0 Å². The maximum Gasteiger partial charge on any atom is 0.161 e. The molecule has 0 N–H and O–H groups in total. The standard InChI is InChI=1S/C20H22BrNO2/c1-23-19-11-16-8-9-22(13-17(16)12-20(19)24-2)14-18(21)10-15-6-4-3-5-7-15/h3-7,10-12H,8-9,13-14H2,1-2H3. The zero-order valence-electron chi connectivity index (χ0n) is 14.1. The largest absolute Gasteiger partial charge is 0.493 e. The van der Waals surface area contributed by atoms with Gasteiger partial charge in [0.1, 0.15) is 0 Å². The van der Waals surface area contributed by atoms with Crippen LogP contribution in [0.3, 0.4) is 0 Å². The third-order valence-electron chi connectivity index (χ3n) is 4.29. The zero-order valence-corrected chi connectivity index (χ0v) is 15.7. The van der Waals surface area contributed by atoms with Gasteiger partial charge in [-0.15, -0.1) is 0 Å². The van der Waals surface area contributed by atoms with Crippen LogP contribution in [0.4, 0.5) is 0 Å². The van der Waals surface area contributed by atoms with Crippen LogP contribution in [0.1, 0.15) is 16.7 Å². The summed E-state index contributed by atoms with van der Waals surface area (Å²) in [4.78, 5) is 2.44. The van der Waals surface area contributed by atoms with Crippen LogP contribution in [0.2, 0.25) is 0 Å². The lowest BCUT2D eigenvalue weighted by Crippen LogP contribution is -2.31. The molecule has 0 fully saturated rings. The third-order valence-corrected chi connectivity index (χ3v) is 4.77. The average Bonchev–Trinajstić information content (AvgIpc) is 2.61. The summed E-state index contributed by atoms with van der Waals surface area (Å²) in [7, 11) is 3.37. The van der Waals surface area contributed by atoms with Gasteiger partial charge in [0.25, 0.3) is 0 Å². The van der Waals surface area contributed by atoms with Crippen molar-refractivity contribution in [3.8, 4) is 11.5 Å². The first-order valence-electron chi connectivity index (χ1n) is 8.07. The van der Waals surface area contributed by atoms with Crippen molar-refractivity contribution in [1.29, 1.82) is 0 Å². The molecule has 0 spiro atoms. The van der Waals surface area contributed by atoms with Gasteiger partial charge < -0.3 is 9.47 Å². The number of hydrogen-bond acceptors (Lipinski definition) is 3. The molecule has 0 aliphatic carbocycles. The SMILES string of the molecule is COc1cc2c(cc1OC)CN(CC(Br)=Cc1ccccc1)CC2. The Morgan fingerprint density at radius 3 is 2.42 bits per heavy atom. The molecule has 0 atom stereocenters. The van der Waals surface area contributed by atoms with Crippen LogP contribution in [-0.2, 0) is 13.0 Å². The molecule has 0 saturated heterocycles. The average molecular weight is 388 g/mol. The number of halogens is 1. The van der Waals surface area contributed by atoms with Gasteiger partial charge in [0.05, 0.1) is 14.2 Å². The van der Waals surface area contributed by atoms with E-state index in [0.717, 1.165) is 37.6 Å². The molecule has 0 amide bonds. The van der Waals surface area contributed by atoms with Gasteiger partial charge in [0, 0.05) is 24.1 Å². The van der Waals surface area contributed by atoms with Gasteiger partial charge in [0.15, 0.2) is 11.5 Å². The number of hydrogen-bond donors (Lipinski definition) is 0. The maximum absolute atomic E-state index is 5.43. The maximum atomic E-state index is 5.43. The summed E-state index contributed by atoms with van der Waals surface area (Å²) in [6.07, 6.45) is 3.21. The van der Waals surface area contributed by atoms with Crippen LogP contribution in [0.15, 0.2) is 46.9 Å². The van der Waals surface area contributed by atoms with Crippen LogP contribution in [-0.4, -0.2) is 32.2 Å². The van der Waals surface area contributed by atoms with E-state index in [-0.39, 0.29) is 0 Å². The molecule has 4 heteroatoms. The van der Waals surface area contributed by atoms with Crippen molar-refractivity contribution in [2.75, 3.05) is 27.3 Å². The van der Waals surface area contributed by atoms with Crippen molar-refractivity contribution >= 4 is 22.0 Å². The molecule has 1 heterocycles. The van der Waals surface area contributed by atoms with Crippen LogP contribution in [0, 0.1) is 0 Å². The molecule has 0 bridgehead atoms. The van der Waals surface area contributed by atoms with E-state index >= 15 is 0 Å². The van der Waals surface area contributed by atoms with Gasteiger partial charge in [-0.05, 0) is 41.3 Å². The van der Waals surface area contributed by atoms with Gasteiger partial charge in [-0.3, -0.25) is 4.90 Å². The van der Waals surface area contributed by atoms with Gasteiger partial charge in [-0.25, -0.2) is 0 Å². The number of ether oxygens (including phenoxy) is 2. The highest BCUT2D eigenvalue weighted by Crippen LogP contribution is 2.33. The quantitative estimate of drug-likeness (QED) is 0.753. The van der Waals surface area contributed by atoms with Crippen LogP contribution in [0.25, 0.3) is 6.08 Å². The fraction of sp³-hybridized carbons (Fsp3) is 0.300. The molecule has 2 aromatic carbocycles. The number of nitrogens with zero attached hydrogens (tertiary/aromatic N) is 1. The van der Waals surface area contributed by atoms with Gasteiger partial charge in [0.2, 0.25) is 0 Å². The fourth-order valence-corrected chi connectivity index (χ4v) is 3.68. The second-order valence-corrected chi connectivity index (χ2v) is 6.96. The van der Waals surface area contributed by atoms with Crippen molar-refractivity contribution in [2.24, 2.45) is 0 Å². The molecule has 1 aliphatic heterocycles.